The van der Waals surface area contributed by atoms with Gasteiger partial charge in [0.1, 0.15) is 0 Å². The normalized spacial score (nSPS) is 15.1. The van der Waals surface area contributed by atoms with Crippen LogP contribution in [0.25, 0.3) is 0 Å². The van der Waals surface area contributed by atoms with Crippen LogP contribution >= 0.6 is 0 Å². The van der Waals surface area contributed by atoms with Gasteiger partial charge in [-0.3, -0.25) is 0 Å². The zero-order chi connectivity index (χ0) is 13.9. The number of esters is 1. The van der Waals surface area contributed by atoms with E-state index in [-0.39, 0.29) is 11.6 Å². The molecule has 2 rings (SSSR count). The third-order valence-electron chi connectivity index (χ3n) is 2.46. The molecule has 0 atom stereocenters. The highest BCUT2D eigenvalue weighted by molar-refractivity contribution is 5.87. The van der Waals surface area contributed by atoms with E-state index in [0.29, 0.717) is 12.5 Å². The van der Waals surface area contributed by atoms with Crippen LogP contribution in [0.5, 0.6) is 5.88 Å². The predicted octanol–water partition coefficient (Wildman–Crippen LogP) is 2.59. The van der Waals surface area contributed by atoms with Crippen molar-refractivity contribution in [3.05, 3.63) is 23.9 Å². The van der Waals surface area contributed by atoms with Crippen LogP contribution in [-0.4, -0.2) is 30.3 Å². The number of carbonyl (C=O) groups is 1. The topological polar surface area (TPSA) is 48.4 Å². The molecule has 1 aromatic heterocycles. The van der Waals surface area contributed by atoms with Gasteiger partial charge in [0, 0.05) is 6.07 Å². The Hall–Kier alpha value is -1.79. The fraction of sp³-hybridized carbons (Fsp3) is 0.500. The second kappa shape index (κ2) is 5.46. The van der Waals surface area contributed by atoms with Gasteiger partial charge in [-0.2, -0.15) is 13.2 Å². The summed E-state index contributed by atoms with van der Waals surface area (Å²) < 4.78 is 45.3. The fourth-order valence-electron chi connectivity index (χ4n) is 1.32. The number of carbonyl (C=O) groups excluding carboxylic acids is 1. The molecule has 0 aliphatic heterocycles. The third kappa shape index (κ3) is 4.76. The molecule has 4 nitrogen and oxygen atoms in total. The van der Waals surface area contributed by atoms with Crippen LogP contribution < -0.4 is 4.74 Å². The lowest BCUT2D eigenvalue weighted by Gasteiger charge is -2.09. The molecule has 1 aliphatic rings. The lowest BCUT2D eigenvalue weighted by Crippen LogP contribution is -2.20. The lowest BCUT2D eigenvalue weighted by molar-refractivity contribution is -0.154. The summed E-state index contributed by atoms with van der Waals surface area (Å²) >= 11 is 0. The van der Waals surface area contributed by atoms with Gasteiger partial charge in [-0.25, -0.2) is 9.78 Å². The number of ether oxygens (including phenoxy) is 2. The average molecular weight is 275 g/mol. The number of aromatic nitrogens is 1. The number of hydrogen-bond acceptors (Lipinski definition) is 4. The maximum Gasteiger partial charge on any atom is 0.422 e. The van der Waals surface area contributed by atoms with Crippen LogP contribution in [0.1, 0.15) is 23.3 Å². The smallest absolute Gasteiger partial charge is 0.422 e. The van der Waals surface area contributed by atoms with Crippen molar-refractivity contribution < 1.29 is 27.4 Å². The molecule has 0 saturated heterocycles. The Labute approximate surface area is 107 Å². The Morgan fingerprint density at radius 1 is 1.37 bits per heavy atom. The van der Waals surface area contributed by atoms with Crippen molar-refractivity contribution in [2.45, 2.75) is 19.0 Å². The van der Waals surface area contributed by atoms with E-state index >= 15 is 0 Å². The van der Waals surface area contributed by atoms with Gasteiger partial charge in [0.25, 0.3) is 0 Å². The van der Waals surface area contributed by atoms with Crippen molar-refractivity contribution in [3.63, 3.8) is 0 Å². The van der Waals surface area contributed by atoms with E-state index < -0.39 is 18.8 Å². The van der Waals surface area contributed by atoms with E-state index in [2.05, 4.69) is 9.72 Å². The molecule has 1 fully saturated rings. The van der Waals surface area contributed by atoms with Crippen molar-refractivity contribution in [3.8, 4) is 5.88 Å². The summed E-state index contributed by atoms with van der Waals surface area (Å²) in [4.78, 5) is 15.2. The van der Waals surface area contributed by atoms with Crippen LogP contribution in [-0.2, 0) is 4.74 Å². The van der Waals surface area contributed by atoms with Gasteiger partial charge in [0.2, 0.25) is 5.88 Å². The van der Waals surface area contributed by atoms with Gasteiger partial charge in [0.15, 0.2) is 12.3 Å². The van der Waals surface area contributed by atoms with Crippen molar-refractivity contribution in [1.29, 1.82) is 0 Å². The van der Waals surface area contributed by atoms with Crippen LogP contribution in [0.2, 0.25) is 0 Å². The Morgan fingerprint density at radius 2 is 2.11 bits per heavy atom. The van der Waals surface area contributed by atoms with Crippen LogP contribution in [0.3, 0.4) is 0 Å². The Morgan fingerprint density at radius 3 is 2.74 bits per heavy atom. The number of nitrogens with zero attached hydrogens (tertiary/aromatic N) is 1. The molecule has 1 aromatic rings. The monoisotopic (exact) mass is 275 g/mol. The summed E-state index contributed by atoms with van der Waals surface area (Å²) in [5.41, 5.74) is -0.0553. The highest BCUT2D eigenvalue weighted by Gasteiger charge is 2.29. The number of rotatable bonds is 5. The molecule has 0 spiro atoms. The third-order valence-corrected chi connectivity index (χ3v) is 2.46. The second-order valence-corrected chi connectivity index (χ2v) is 4.31. The first-order chi connectivity index (χ1) is 8.94. The van der Waals surface area contributed by atoms with E-state index in [4.69, 9.17) is 4.74 Å². The minimum Gasteiger partial charge on any atom is -0.468 e. The van der Waals surface area contributed by atoms with Crippen LogP contribution in [0.4, 0.5) is 13.2 Å². The lowest BCUT2D eigenvalue weighted by atomic mass is 10.3. The first-order valence-corrected chi connectivity index (χ1v) is 5.78. The van der Waals surface area contributed by atoms with Gasteiger partial charge in [-0.1, -0.05) is 6.07 Å². The number of pyridine rings is 1. The number of hydrogen-bond donors (Lipinski definition) is 0. The van der Waals surface area contributed by atoms with E-state index in [9.17, 15) is 18.0 Å². The van der Waals surface area contributed by atoms with Crippen LogP contribution in [0.15, 0.2) is 18.2 Å². The minimum absolute atomic E-state index is 0.0553. The first-order valence-electron chi connectivity index (χ1n) is 5.78. The zero-order valence-electron chi connectivity index (χ0n) is 9.94. The SMILES string of the molecule is O=C(OCC1CC1)c1cccc(OCC(F)(F)F)n1. The Bertz CT molecular complexity index is 458. The Balaban J connectivity index is 1.91. The summed E-state index contributed by atoms with van der Waals surface area (Å²) in [6, 6.07) is 4.02. The summed E-state index contributed by atoms with van der Waals surface area (Å²) in [6.07, 6.45) is -2.37. The maximum absolute atomic E-state index is 12.0. The summed E-state index contributed by atoms with van der Waals surface area (Å²) in [5, 5.41) is 0. The predicted molar refractivity (Wildman–Crippen MR) is 58.8 cm³/mol. The number of halogens is 3. The van der Waals surface area contributed by atoms with Gasteiger partial charge >= 0.3 is 12.1 Å². The van der Waals surface area contributed by atoms with Crippen molar-refractivity contribution in [1.82, 2.24) is 4.98 Å². The molecular weight excluding hydrogens is 263 g/mol. The summed E-state index contributed by atoms with van der Waals surface area (Å²) in [5.74, 6) is -0.490. The van der Waals surface area contributed by atoms with E-state index in [1.165, 1.54) is 18.2 Å². The average Bonchev–Trinajstić information content (AvgIpc) is 3.17. The van der Waals surface area contributed by atoms with Crippen molar-refractivity contribution >= 4 is 5.97 Å². The van der Waals surface area contributed by atoms with Crippen molar-refractivity contribution in [2.24, 2.45) is 5.92 Å². The zero-order valence-corrected chi connectivity index (χ0v) is 9.94. The van der Waals surface area contributed by atoms with Gasteiger partial charge in [-0.05, 0) is 24.8 Å². The first kappa shape index (κ1) is 13.6. The molecular formula is C12H12F3NO3. The van der Waals surface area contributed by atoms with Gasteiger partial charge < -0.3 is 9.47 Å². The molecule has 1 aliphatic carbocycles. The molecule has 1 saturated carbocycles. The molecule has 0 N–H and O–H groups in total. The van der Waals surface area contributed by atoms with Gasteiger partial charge in [0.05, 0.1) is 6.61 Å². The second-order valence-electron chi connectivity index (χ2n) is 4.31. The van der Waals surface area contributed by atoms with E-state index in [0.717, 1.165) is 12.8 Å². The highest BCUT2D eigenvalue weighted by Crippen LogP contribution is 2.29. The number of alkyl halides is 3. The standard InChI is InChI=1S/C12H12F3NO3/c13-12(14,15)7-19-10-3-1-2-9(16-10)11(17)18-6-8-4-5-8/h1-3,8H,4-7H2. The molecule has 0 radical (unpaired) electrons. The minimum atomic E-state index is -4.44. The molecule has 0 unspecified atom stereocenters. The molecule has 7 heteroatoms. The maximum atomic E-state index is 12.0. The molecule has 104 valence electrons. The Kier molecular flexibility index (Phi) is 3.92. The van der Waals surface area contributed by atoms with Crippen LogP contribution in [0, 0.1) is 5.92 Å². The molecule has 0 amide bonds. The molecule has 1 heterocycles. The van der Waals surface area contributed by atoms with Gasteiger partial charge in [-0.15, -0.1) is 0 Å². The molecule has 0 bridgehead atoms. The largest absolute Gasteiger partial charge is 0.468 e. The highest BCUT2D eigenvalue weighted by atomic mass is 19.4. The summed E-state index contributed by atoms with van der Waals surface area (Å²) in [6.45, 7) is -1.12. The van der Waals surface area contributed by atoms with E-state index in [1.807, 2.05) is 0 Å². The molecule has 0 aromatic carbocycles. The fourth-order valence-corrected chi connectivity index (χ4v) is 1.32. The van der Waals surface area contributed by atoms with E-state index in [1.54, 1.807) is 0 Å². The molecule has 19 heavy (non-hydrogen) atoms. The van der Waals surface area contributed by atoms with Crippen molar-refractivity contribution in [2.75, 3.05) is 13.2 Å². The quantitative estimate of drug-likeness (QED) is 0.775. The summed E-state index contributed by atoms with van der Waals surface area (Å²) in [7, 11) is 0.